The summed E-state index contributed by atoms with van der Waals surface area (Å²) in [5.74, 6) is -0.399. The standard InChI is InChI=1S/C7H5FN2O/c8-6-1-2-7(10-3-6)4-9-5-11/h1-3H,4H2. The van der Waals surface area contributed by atoms with Crippen LogP contribution in [0.25, 0.3) is 0 Å². The molecule has 11 heavy (non-hydrogen) atoms. The molecule has 1 aromatic heterocycles. The summed E-state index contributed by atoms with van der Waals surface area (Å²) in [4.78, 5) is 16.6. The van der Waals surface area contributed by atoms with Crippen molar-refractivity contribution in [3.05, 3.63) is 29.8 Å². The van der Waals surface area contributed by atoms with E-state index in [1.54, 1.807) is 0 Å². The molecule has 4 heteroatoms. The van der Waals surface area contributed by atoms with Crippen molar-refractivity contribution in [2.24, 2.45) is 4.99 Å². The smallest absolute Gasteiger partial charge is 0.235 e. The lowest BCUT2D eigenvalue weighted by molar-refractivity contribution is 0.562. The van der Waals surface area contributed by atoms with Gasteiger partial charge < -0.3 is 0 Å². The summed E-state index contributed by atoms with van der Waals surface area (Å²) in [6, 6.07) is 2.73. The van der Waals surface area contributed by atoms with E-state index in [9.17, 15) is 9.18 Å². The maximum atomic E-state index is 12.2. The summed E-state index contributed by atoms with van der Waals surface area (Å²) in [5, 5.41) is 0. The molecule has 1 rings (SSSR count). The van der Waals surface area contributed by atoms with Crippen LogP contribution in [-0.4, -0.2) is 11.1 Å². The highest BCUT2D eigenvalue weighted by molar-refractivity contribution is 5.33. The van der Waals surface area contributed by atoms with Crippen molar-refractivity contribution >= 4 is 6.08 Å². The van der Waals surface area contributed by atoms with Crippen LogP contribution in [0.4, 0.5) is 4.39 Å². The van der Waals surface area contributed by atoms with Crippen LogP contribution in [0.3, 0.4) is 0 Å². The lowest BCUT2D eigenvalue weighted by Gasteiger charge is -1.91. The highest BCUT2D eigenvalue weighted by Gasteiger charge is 1.92. The second-order valence-corrected chi connectivity index (χ2v) is 1.88. The molecule has 0 saturated heterocycles. The Morgan fingerprint density at radius 1 is 1.64 bits per heavy atom. The Morgan fingerprint density at radius 2 is 2.45 bits per heavy atom. The third kappa shape index (κ3) is 2.27. The number of aromatic nitrogens is 1. The van der Waals surface area contributed by atoms with Crippen LogP contribution in [0.2, 0.25) is 0 Å². The van der Waals surface area contributed by atoms with Crippen molar-refractivity contribution in [2.75, 3.05) is 0 Å². The second-order valence-electron chi connectivity index (χ2n) is 1.88. The quantitative estimate of drug-likeness (QED) is 0.469. The molecule has 0 N–H and O–H groups in total. The van der Waals surface area contributed by atoms with E-state index in [1.807, 2.05) is 0 Å². The Hall–Kier alpha value is -1.54. The van der Waals surface area contributed by atoms with Crippen molar-refractivity contribution in [3.8, 4) is 0 Å². The van der Waals surface area contributed by atoms with Crippen LogP contribution in [0.15, 0.2) is 23.3 Å². The number of hydrogen-bond donors (Lipinski definition) is 0. The van der Waals surface area contributed by atoms with Crippen molar-refractivity contribution in [2.45, 2.75) is 6.54 Å². The van der Waals surface area contributed by atoms with Crippen molar-refractivity contribution in [3.63, 3.8) is 0 Å². The molecule has 1 heterocycles. The Kier molecular flexibility index (Phi) is 2.47. The van der Waals surface area contributed by atoms with Gasteiger partial charge in [-0.1, -0.05) is 0 Å². The van der Waals surface area contributed by atoms with Gasteiger partial charge in [-0.05, 0) is 12.1 Å². The van der Waals surface area contributed by atoms with Crippen LogP contribution in [0.5, 0.6) is 0 Å². The minimum absolute atomic E-state index is 0.157. The summed E-state index contributed by atoms with van der Waals surface area (Å²) in [7, 11) is 0. The second kappa shape index (κ2) is 3.58. The lowest BCUT2D eigenvalue weighted by Crippen LogP contribution is -1.86. The summed E-state index contributed by atoms with van der Waals surface area (Å²) >= 11 is 0. The van der Waals surface area contributed by atoms with Gasteiger partial charge in [-0.25, -0.2) is 9.18 Å². The number of halogens is 1. The maximum Gasteiger partial charge on any atom is 0.235 e. The van der Waals surface area contributed by atoms with Gasteiger partial charge in [-0.3, -0.25) is 4.98 Å². The van der Waals surface area contributed by atoms with E-state index in [0.717, 1.165) is 6.20 Å². The van der Waals surface area contributed by atoms with E-state index in [4.69, 9.17) is 0 Å². The summed E-state index contributed by atoms with van der Waals surface area (Å²) < 4.78 is 12.2. The highest BCUT2D eigenvalue weighted by Crippen LogP contribution is 1.98. The molecule has 0 spiro atoms. The monoisotopic (exact) mass is 152 g/mol. The molecule has 1 aromatic rings. The van der Waals surface area contributed by atoms with Gasteiger partial charge in [-0.15, -0.1) is 0 Å². The molecule has 0 aliphatic heterocycles. The molecule has 0 aliphatic rings. The zero-order valence-corrected chi connectivity index (χ0v) is 5.62. The zero-order chi connectivity index (χ0) is 8.10. The molecule has 0 aliphatic carbocycles. The first-order chi connectivity index (χ1) is 5.33. The van der Waals surface area contributed by atoms with E-state index in [-0.39, 0.29) is 6.54 Å². The summed E-state index contributed by atoms with van der Waals surface area (Å²) in [5.41, 5.74) is 0.551. The van der Waals surface area contributed by atoms with Crippen molar-refractivity contribution in [1.82, 2.24) is 4.98 Å². The number of hydrogen-bond acceptors (Lipinski definition) is 3. The van der Waals surface area contributed by atoms with Crippen LogP contribution >= 0.6 is 0 Å². The average molecular weight is 152 g/mol. The first-order valence-electron chi connectivity index (χ1n) is 2.97. The zero-order valence-electron chi connectivity index (χ0n) is 5.62. The SMILES string of the molecule is O=C=NCc1ccc(F)cn1. The normalized spacial score (nSPS) is 8.82. The van der Waals surface area contributed by atoms with Crippen LogP contribution in [0, 0.1) is 5.82 Å². The molecule has 0 fully saturated rings. The molecule has 0 bridgehead atoms. The minimum Gasteiger partial charge on any atom is -0.256 e. The number of rotatable bonds is 2. The van der Waals surface area contributed by atoms with Crippen LogP contribution < -0.4 is 0 Å². The predicted octanol–water partition coefficient (Wildman–Crippen LogP) is 1.06. The van der Waals surface area contributed by atoms with E-state index in [1.165, 1.54) is 18.2 Å². The number of aliphatic imine (C=N–C) groups is 1. The Labute approximate surface area is 62.6 Å². The number of isocyanates is 1. The minimum atomic E-state index is -0.399. The van der Waals surface area contributed by atoms with Gasteiger partial charge in [0.25, 0.3) is 0 Å². The van der Waals surface area contributed by atoms with Gasteiger partial charge in [-0.2, -0.15) is 4.99 Å². The first kappa shape index (κ1) is 7.57. The van der Waals surface area contributed by atoms with Gasteiger partial charge in [0.1, 0.15) is 5.82 Å². The molecule has 0 radical (unpaired) electrons. The summed E-state index contributed by atoms with van der Waals surface area (Å²) in [6.45, 7) is 0.157. The average Bonchev–Trinajstić information content (AvgIpc) is 2.04. The Balaban J connectivity index is 2.73. The fourth-order valence-electron chi connectivity index (χ4n) is 0.613. The molecule has 0 atom stereocenters. The van der Waals surface area contributed by atoms with E-state index in [2.05, 4.69) is 9.98 Å². The molecule has 0 amide bonds. The Bertz CT molecular complexity index is 277. The first-order valence-corrected chi connectivity index (χ1v) is 2.97. The van der Waals surface area contributed by atoms with Crippen LogP contribution in [-0.2, 0) is 11.3 Å². The third-order valence-corrected chi connectivity index (χ3v) is 1.09. The molecule has 0 aromatic carbocycles. The van der Waals surface area contributed by atoms with Gasteiger partial charge in [0.2, 0.25) is 6.08 Å². The van der Waals surface area contributed by atoms with Gasteiger partial charge in [0.15, 0.2) is 0 Å². The van der Waals surface area contributed by atoms with Gasteiger partial charge >= 0.3 is 0 Å². The summed E-state index contributed by atoms with van der Waals surface area (Å²) in [6.07, 6.45) is 2.45. The van der Waals surface area contributed by atoms with E-state index in [0.29, 0.717) is 5.69 Å². The number of nitrogens with zero attached hydrogens (tertiary/aromatic N) is 2. The largest absolute Gasteiger partial charge is 0.256 e. The fourth-order valence-corrected chi connectivity index (χ4v) is 0.613. The molecular formula is C7H5FN2O. The molecule has 0 unspecified atom stereocenters. The Morgan fingerprint density at radius 3 is 3.00 bits per heavy atom. The number of carbonyl (C=O) groups excluding carboxylic acids is 1. The third-order valence-electron chi connectivity index (χ3n) is 1.09. The van der Waals surface area contributed by atoms with Crippen LogP contribution in [0.1, 0.15) is 5.69 Å². The van der Waals surface area contributed by atoms with Gasteiger partial charge in [0.05, 0.1) is 18.4 Å². The predicted molar refractivity (Wildman–Crippen MR) is 36.0 cm³/mol. The highest BCUT2D eigenvalue weighted by atomic mass is 19.1. The molecular weight excluding hydrogens is 147 g/mol. The van der Waals surface area contributed by atoms with Crippen molar-refractivity contribution < 1.29 is 9.18 Å². The van der Waals surface area contributed by atoms with Crippen molar-refractivity contribution in [1.29, 1.82) is 0 Å². The topological polar surface area (TPSA) is 42.3 Å². The molecule has 0 saturated carbocycles. The fraction of sp³-hybridized carbons (Fsp3) is 0.143. The number of pyridine rings is 1. The van der Waals surface area contributed by atoms with Gasteiger partial charge in [0, 0.05) is 0 Å². The maximum absolute atomic E-state index is 12.2. The molecule has 3 nitrogen and oxygen atoms in total. The van der Waals surface area contributed by atoms with E-state index < -0.39 is 5.82 Å². The molecule has 56 valence electrons. The lowest BCUT2D eigenvalue weighted by atomic mass is 10.3. The van der Waals surface area contributed by atoms with E-state index >= 15 is 0 Å².